The van der Waals surface area contributed by atoms with Gasteiger partial charge in [-0.2, -0.15) is 0 Å². The maximum atomic E-state index is 14.7. The fourth-order valence-electron chi connectivity index (χ4n) is 3.97. The summed E-state index contributed by atoms with van der Waals surface area (Å²) in [6.45, 7) is 7.23. The fourth-order valence-corrected chi connectivity index (χ4v) is 3.97. The number of nitrogens with zero attached hydrogens (tertiary/aromatic N) is 1. The van der Waals surface area contributed by atoms with Crippen molar-refractivity contribution in [1.82, 2.24) is 4.90 Å². The van der Waals surface area contributed by atoms with E-state index in [4.69, 9.17) is 0 Å². The van der Waals surface area contributed by atoms with Crippen LogP contribution in [-0.4, -0.2) is 42.8 Å². The largest absolute Gasteiger partial charge is 0.872 e. The predicted octanol–water partition coefficient (Wildman–Crippen LogP) is 1.36. The van der Waals surface area contributed by atoms with Crippen LogP contribution in [0.1, 0.15) is 37.4 Å². The Hall–Kier alpha value is -2.99. The maximum absolute atomic E-state index is 14.7. The molecule has 1 atom stereocenters. The molecule has 3 rings (SSSR count). The average molecular weight is 410 g/mol. The first-order valence-electron chi connectivity index (χ1n) is 10.4. The van der Waals surface area contributed by atoms with Crippen molar-refractivity contribution in [1.29, 1.82) is 0 Å². The first kappa shape index (κ1) is 21.7. The lowest BCUT2D eigenvalue weighted by Crippen LogP contribution is -3.11. The second-order valence-electron chi connectivity index (χ2n) is 7.42. The van der Waals surface area contributed by atoms with Crippen molar-refractivity contribution in [2.24, 2.45) is 0 Å². The molecule has 0 radical (unpaired) electrons. The Morgan fingerprint density at radius 2 is 1.67 bits per heavy atom. The minimum absolute atomic E-state index is 0.172. The highest BCUT2D eigenvalue weighted by Crippen LogP contribution is 2.39. The number of carbonyl (C=O) groups is 2. The molecule has 5 nitrogen and oxygen atoms in total. The predicted molar refractivity (Wildman–Crippen MR) is 111 cm³/mol. The first-order chi connectivity index (χ1) is 14.5. The number of Topliss-reactive ketones (excluding diaryl/α,β-unsaturated/α-hetero) is 1. The van der Waals surface area contributed by atoms with Gasteiger partial charge in [0, 0.05) is 24.1 Å². The van der Waals surface area contributed by atoms with Crippen LogP contribution < -0.4 is 10.0 Å². The molecule has 1 aliphatic rings. The van der Waals surface area contributed by atoms with E-state index in [0.717, 1.165) is 19.6 Å². The molecule has 1 amide bonds. The minimum Gasteiger partial charge on any atom is -0.872 e. The van der Waals surface area contributed by atoms with Crippen LogP contribution in [0.4, 0.5) is 4.39 Å². The molecular weight excluding hydrogens is 383 g/mol. The lowest BCUT2D eigenvalue weighted by molar-refractivity contribution is -0.896. The highest BCUT2D eigenvalue weighted by Gasteiger charge is 2.44. The molecule has 30 heavy (non-hydrogen) atoms. The van der Waals surface area contributed by atoms with Gasteiger partial charge in [0.1, 0.15) is 5.82 Å². The summed E-state index contributed by atoms with van der Waals surface area (Å²) >= 11 is 0. The molecule has 1 unspecified atom stereocenters. The third kappa shape index (κ3) is 4.28. The zero-order chi connectivity index (χ0) is 21.7. The maximum Gasteiger partial charge on any atom is 0.295 e. The molecule has 1 fully saturated rings. The lowest BCUT2D eigenvalue weighted by atomic mass is 9.95. The van der Waals surface area contributed by atoms with Gasteiger partial charge in [-0.3, -0.25) is 9.59 Å². The van der Waals surface area contributed by atoms with Gasteiger partial charge in [-0.15, -0.1) is 0 Å². The van der Waals surface area contributed by atoms with Gasteiger partial charge < -0.3 is 14.9 Å². The van der Waals surface area contributed by atoms with Gasteiger partial charge in [0.2, 0.25) is 5.78 Å². The van der Waals surface area contributed by atoms with Crippen LogP contribution in [-0.2, 0) is 9.59 Å². The van der Waals surface area contributed by atoms with Gasteiger partial charge in [-0.1, -0.05) is 54.3 Å². The van der Waals surface area contributed by atoms with Crippen LogP contribution in [0.2, 0.25) is 0 Å². The molecule has 6 heteroatoms. The molecule has 158 valence electrons. The average Bonchev–Trinajstić information content (AvgIpc) is 3.02. The van der Waals surface area contributed by atoms with Crippen molar-refractivity contribution in [2.45, 2.75) is 26.3 Å². The monoisotopic (exact) mass is 410 g/mol. The Morgan fingerprint density at radius 3 is 2.30 bits per heavy atom. The van der Waals surface area contributed by atoms with Gasteiger partial charge >= 0.3 is 0 Å². The number of rotatable bonds is 8. The van der Waals surface area contributed by atoms with Crippen LogP contribution >= 0.6 is 0 Å². The van der Waals surface area contributed by atoms with E-state index < -0.39 is 29.3 Å². The molecule has 1 heterocycles. The normalized spacial score (nSPS) is 18.4. The Morgan fingerprint density at radius 1 is 1.03 bits per heavy atom. The van der Waals surface area contributed by atoms with Crippen LogP contribution in [0.5, 0.6) is 0 Å². The Labute approximate surface area is 176 Å². The summed E-state index contributed by atoms with van der Waals surface area (Å²) in [6, 6.07) is 13.3. The number of halogens is 1. The zero-order valence-electron chi connectivity index (χ0n) is 17.4. The van der Waals surface area contributed by atoms with Crippen molar-refractivity contribution < 1.29 is 24.0 Å². The molecule has 0 saturated carbocycles. The molecule has 1 aliphatic heterocycles. The highest BCUT2D eigenvalue weighted by molar-refractivity contribution is 6.46. The fraction of sp³-hybridized carbons (Fsp3) is 0.333. The zero-order valence-corrected chi connectivity index (χ0v) is 17.4. The smallest absolute Gasteiger partial charge is 0.295 e. The van der Waals surface area contributed by atoms with E-state index in [9.17, 15) is 19.1 Å². The topological polar surface area (TPSA) is 64.9 Å². The summed E-state index contributed by atoms with van der Waals surface area (Å²) in [5.74, 6) is -2.65. The van der Waals surface area contributed by atoms with Crippen molar-refractivity contribution in [3.63, 3.8) is 0 Å². The molecule has 0 aliphatic carbocycles. The summed E-state index contributed by atoms with van der Waals surface area (Å²) < 4.78 is 14.7. The number of hydrogen-bond acceptors (Lipinski definition) is 3. The summed E-state index contributed by atoms with van der Waals surface area (Å²) in [6.07, 6.45) is 0.661. The van der Waals surface area contributed by atoms with Gasteiger partial charge in [0.15, 0.2) is 0 Å². The summed E-state index contributed by atoms with van der Waals surface area (Å²) in [4.78, 5) is 28.4. The van der Waals surface area contributed by atoms with Gasteiger partial charge in [0.25, 0.3) is 5.91 Å². The number of carbonyl (C=O) groups excluding carboxylic acids is 2. The van der Waals surface area contributed by atoms with Crippen LogP contribution in [0, 0.1) is 5.82 Å². The highest BCUT2D eigenvalue weighted by atomic mass is 19.1. The molecule has 1 saturated heterocycles. The first-order valence-corrected chi connectivity index (χ1v) is 10.4. The molecule has 0 aromatic heterocycles. The number of amides is 1. The summed E-state index contributed by atoms with van der Waals surface area (Å²) in [5, 5.41) is 13.2. The van der Waals surface area contributed by atoms with E-state index in [1.165, 1.54) is 21.9 Å². The van der Waals surface area contributed by atoms with E-state index in [1.807, 2.05) is 0 Å². The summed E-state index contributed by atoms with van der Waals surface area (Å²) in [5.41, 5.74) is 0.307. The quantitative estimate of drug-likeness (QED) is 0.406. The SMILES string of the molecule is CC[NH+](CC)CCCN1C(=O)C(=O)C(=C([O-])c2ccccc2)C1c1ccccc1F. The van der Waals surface area contributed by atoms with Crippen LogP contribution in [0.3, 0.4) is 0 Å². The van der Waals surface area contributed by atoms with E-state index in [-0.39, 0.29) is 11.1 Å². The Balaban J connectivity index is 2.03. The van der Waals surface area contributed by atoms with Gasteiger partial charge in [-0.05, 0) is 25.5 Å². The second kappa shape index (κ2) is 9.67. The Bertz CT molecular complexity index is 938. The van der Waals surface area contributed by atoms with E-state index >= 15 is 0 Å². The number of nitrogens with one attached hydrogen (secondary N) is 1. The summed E-state index contributed by atoms with van der Waals surface area (Å²) in [7, 11) is 0. The molecule has 0 bridgehead atoms. The molecule has 1 N–H and O–H groups in total. The third-order valence-corrected chi connectivity index (χ3v) is 5.69. The van der Waals surface area contributed by atoms with Crippen molar-refractivity contribution in [2.75, 3.05) is 26.2 Å². The van der Waals surface area contributed by atoms with Crippen LogP contribution in [0.15, 0.2) is 60.2 Å². The number of likely N-dealkylation sites (tertiary alicyclic amines) is 1. The van der Waals surface area contributed by atoms with Crippen molar-refractivity contribution in [3.8, 4) is 0 Å². The van der Waals surface area contributed by atoms with Crippen molar-refractivity contribution >= 4 is 17.4 Å². The number of ketones is 1. The number of hydrogen-bond donors (Lipinski definition) is 1. The van der Waals surface area contributed by atoms with Gasteiger partial charge in [0.05, 0.1) is 25.7 Å². The van der Waals surface area contributed by atoms with Crippen LogP contribution in [0.25, 0.3) is 5.76 Å². The molecular formula is C24H27FN2O3. The minimum atomic E-state index is -1.01. The molecule has 2 aromatic rings. The lowest BCUT2D eigenvalue weighted by Gasteiger charge is -2.28. The van der Waals surface area contributed by atoms with E-state index in [2.05, 4.69) is 13.8 Å². The standard InChI is InChI=1S/C24H27FN2O3/c1-3-26(4-2)15-10-16-27-21(18-13-8-9-14-19(18)25)20(23(29)24(27)30)22(28)17-11-6-5-7-12-17/h5-9,11-14,21,28H,3-4,10,15-16H2,1-2H3. The van der Waals surface area contributed by atoms with E-state index in [1.54, 1.807) is 42.5 Å². The second-order valence-corrected chi connectivity index (χ2v) is 7.42. The van der Waals surface area contributed by atoms with Crippen molar-refractivity contribution in [3.05, 3.63) is 77.1 Å². The number of benzene rings is 2. The van der Waals surface area contributed by atoms with E-state index in [0.29, 0.717) is 18.5 Å². The molecule has 0 spiro atoms. The Kier molecular flexibility index (Phi) is 7.00. The number of quaternary nitrogens is 1. The van der Waals surface area contributed by atoms with Gasteiger partial charge in [-0.25, -0.2) is 4.39 Å². The third-order valence-electron chi connectivity index (χ3n) is 5.69. The molecule has 2 aromatic carbocycles.